The average molecular weight is 756 g/mol. The molecule has 0 bridgehead atoms. The summed E-state index contributed by atoms with van der Waals surface area (Å²) in [5, 5.41) is 8.91. The SMILES string of the molecule is CC(C)(C)OC(=O)N1CCN(C(=O)OC(C)(C)C)CC(C(=O)NCCNCCNC(=O)C2CN(C(=O)OC(C)(C)C)CCN(C(=O)OC(C)(C)C)C2)C1. The Labute approximate surface area is 315 Å². The molecule has 17 nitrogen and oxygen atoms in total. The zero-order valence-electron chi connectivity index (χ0n) is 34.0. The Bertz CT molecular complexity index is 1110. The van der Waals surface area contributed by atoms with E-state index in [1.54, 1.807) is 83.1 Å². The normalized spacial score (nSPS) is 17.0. The fraction of sp³-hybridized carbons (Fsp3) is 0.833. The van der Waals surface area contributed by atoms with Crippen molar-refractivity contribution in [1.29, 1.82) is 0 Å². The van der Waals surface area contributed by atoms with E-state index in [1.165, 1.54) is 19.6 Å². The number of nitrogens with one attached hydrogen (secondary N) is 3. The monoisotopic (exact) mass is 755 g/mol. The topological polar surface area (TPSA) is 188 Å². The van der Waals surface area contributed by atoms with Crippen LogP contribution in [0.25, 0.3) is 0 Å². The molecule has 0 aliphatic carbocycles. The Morgan fingerprint density at radius 1 is 0.434 bits per heavy atom. The van der Waals surface area contributed by atoms with Gasteiger partial charge in [-0.1, -0.05) is 0 Å². The van der Waals surface area contributed by atoms with Crippen LogP contribution in [-0.2, 0) is 28.5 Å². The number of carbonyl (C=O) groups is 6. The van der Waals surface area contributed by atoms with Gasteiger partial charge in [-0.05, 0) is 83.1 Å². The summed E-state index contributed by atoms with van der Waals surface area (Å²) in [7, 11) is 0. The van der Waals surface area contributed by atoms with Crippen LogP contribution in [0.1, 0.15) is 83.1 Å². The van der Waals surface area contributed by atoms with Gasteiger partial charge in [0.15, 0.2) is 0 Å². The van der Waals surface area contributed by atoms with Gasteiger partial charge in [-0.3, -0.25) is 9.59 Å². The first kappa shape index (κ1) is 45.1. The molecule has 0 spiro atoms. The second-order valence-electron chi connectivity index (χ2n) is 17.4. The van der Waals surface area contributed by atoms with E-state index in [0.29, 0.717) is 13.1 Å². The molecular weight excluding hydrogens is 690 g/mol. The van der Waals surface area contributed by atoms with Crippen molar-refractivity contribution in [3.05, 3.63) is 0 Å². The summed E-state index contributed by atoms with van der Waals surface area (Å²) in [6.07, 6.45) is -2.26. The van der Waals surface area contributed by atoms with Gasteiger partial charge in [-0.25, -0.2) is 19.2 Å². The summed E-state index contributed by atoms with van der Waals surface area (Å²) in [6, 6.07) is 0. The highest BCUT2D eigenvalue weighted by molar-refractivity contribution is 5.82. The molecule has 2 heterocycles. The minimum atomic E-state index is -0.728. The number of rotatable bonds is 8. The van der Waals surface area contributed by atoms with Crippen LogP contribution in [0, 0.1) is 11.8 Å². The molecule has 0 atom stereocenters. The van der Waals surface area contributed by atoms with Crippen molar-refractivity contribution in [2.75, 3.05) is 78.5 Å². The molecule has 0 unspecified atom stereocenters. The minimum absolute atomic E-state index is 0.0668. The highest BCUT2D eigenvalue weighted by Gasteiger charge is 2.37. The summed E-state index contributed by atoms with van der Waals surface area (Å²) < 4.78 is 22.1. The molecular formula is C36H65N7O10. The summed E-state index contributed by atoms with van der Waals surface area (Å²) in [6.45, 7) is 23.4. The van der Waals surface area contributed by atoms with Crippen molar-refractivity contribution in [1.82, 2.24) is 35.6 Å². The molecule has 0 aromatic carbocycles. The molecule has 0 radical (unpaired) electrons. The highest BCUT2D eigenvalue weighted by Crippen LogP contribution is 2.20. The number of hydrogen-bond acceptors (Lipinski definition) is 11. The summed E-state index contributed by atoms with van der Waals surface area (Å²) in [5.41, 5.74) is -2.91. The smallest absolute Gasteiger partial charge is 0.410 e. The predicted octanol–water partition coefficient (Wildman–Crippen LogP) is 3.02. The second-order valence-corrected chi connectivity index (χ2v) is 17.4. The third kappa shape index (κ3) is 17.6. The molecule has 304 valence electrons. The van der Waals surface area contributed by atoms with Crippen molar-refractivity contribution in [3.8, 4) is 0 Å². The Morgan fingerprint density at radius 3 is 0.868 bits per heavy atom. The van der Waals surface area contributed by atoms with Gasteiger partial charge >= 0.3 is 24.4 Å². The summed E-state index contributed by atoms with van der Waals surface area (Å²) in [4.78, 5) is 84.0. The lowest BCUT2D eigenvalue weighted by molar-refractivity contribution is -0.126. The third-order valence-electron chi connectivity index (χ3n) is 7.59. The Morgan fingerprint density at radius 2 is 0.660 bits per heavy atom. The molecule has 2 aliphatic rings. The van der Waals surface area contributed by atoms with Crippen LogP contribution in [0.15, 0.2) is 0 Å². The highest BCUT2D eigenvalue weighted by atomic mass is 16.6. The van der Waals surface area contributed by atoms with Crippen LogP contribution in [0.2, 0.25) is 0 Å². The van der Waals surface area contributed by atoms with Crippen LogP contribution in [0.4, 0.5) is 19.2 Å². The number of amides is 6. The molecule has 17 heteroatoms. The van der Waals surface area contributed by atoms with Gasteiger partial charge in [0, 0.05) is 78.5 Å². The van der Waals surface area contributed by atoms with Crippen molar-refractivity contribution in [3.63, 3.8) is 0 Å². The molecule has 6 amide bonds. The fourth-order valence-corrected chi connectivity index (χ4v) is 5.29. The zero-order valence-corrected chi connectivity index (χ0v) is 34.0. The van der Waals surface area contributed by atoms with Gasteiger partial charge in [0.25, 0.3) is 0 Å². The largest absolute Gasteiger partial charge is 0.444 e. The standard InChI is InChI=1S/C36H65N7O10/c1-33(2,3)50-29(46)40-17-18-41(30(47)51-34(4,5)6)22-25(21-40)27(44)38-15-13-37-14-16-39-28(45)26-23-42(31(48)52-35(7,8)9)19-20-43(24-26)32(49)53-36(10,11)12/h25-26,37H,13-24H2,1-12H3,(H,38,44)(H,39,45). The van der Waals surface area contributed by atoms with Gasteiger partial charge in [-0.2, -0.15) is 0 Å². The van der Waals surface area contributed by atoms with E-state index < -0.39 is 58.6 Å². The Hall–Kier alpha value is -4.02. The van der Waals surface area contributed by atoms with E-state index in [2.05, 4.69) is 16.0 Å². The van der Waals surface area contributed by atoms with Gasteiger partial charge < -0.3 is 54.5 Å². The van der Waals surface area contributed by atoms with Crippen molar-refractivity contribution in [2.24, 2.45) is 11.8 Å². The molecule has 53 heavy (non-hydrogen) atoms. The zero-order chi connectivity index (χ0) is 40.4. The Balaban J connectivity index is 1.94. The second kappa shape index (κ2) is 18.8. The first-order chi connectivity index (χ1) is 24.2. The van der Waals surface area contributed by atoms with Gasteiger partial charge in [0.2, 0.25) is 11.8 Å². The van der Waals surface area contributed by atoms with Gasteiger partial charge in [0.05, 0.1) is 11.8 Å². The number of nitrogens with zero attached hydrogens (tertiary/aromatic N) is 4. The predicted molar refractivity (Wildman–Crippen MR) is 197 cm³/mol. The number of ether oxygens (including phenoxy) is 4. The minimum Gasteiger partial charge on any atom is -0.444 e. The Kier molecular flexibility index (Phi) is 16.0. The number of carbonyl (C=O) groups excluding carboxylic acids is 6. The van der Waals surface area contributed by atoms with Crippen molar-refractivity contribution >= 4 is 36.2 Å². The molecule has 0 aromatic rings. The van der Waals surface area contributed by atoms with Crippen LogP contribution in [-0.4, -0.2) is 157 Å². The quantitative estimate of drug-likeness (QED) is 0.244. The van der Waals surface area contributed by atoms with E-state index in [1.807, 2.05) is 0 Å². The molecule has 3 N–H and O–H groups in total. The molecule has 2 rings (SSSR count). The van der Waals surface area contributed by atoms with E-state index in [-0.39, 0.29) is 77.3 Å². The van der Waals surface area contributed by atoms with E-state index in [0.717, 1.165) is 0 Å². The van der Waals surface area contributed by atoms with E-state index >= 15 is 0 Å². The van der Waals surface area contributed by atoms with E-state index in [4.69, 9.17) is 18.9 Å². The first-order valence-electron chi connectivity index (χ1n) is 18.4. The average Bonchev–Trinajstić information content (AvgIpc) is 3.35. The first-order valence-corrected chi connectivity index (χ1v) is 18.4. The van der Waals surface area contributed by atoms with E-state index in [9.17, 15) is 28.8 Å². The van der Waals surface area contributed by atoms with Gasteiger partial charge in [-0.15, -0.1) is 0 Å². The lowest BCUT2D eigenvalue weighted by atomic mass is 10.1. The molecule has 0 aromatic heterocycles. The van der Waals surface area contributed by atoms with Crippen molar-refractivity contribution < 1.29 is 47.7 Å². The molecule has 2 aliphatic heterocycles. The van der Waals surface area contributed by atoms with Gasteiger partial charge in [0.1, 0.15) is 22.4 Å². The third-order valence-corrected chi connectivity index (χ3v) is 7.59. The van der Waals surface area contributed by atoms with Crippen LogP contribution in [0.5, 0.6) is 0 Å². The maximum absolute atomic E-state index is 13.3. The molecule has 0 saturated carbocycles. The maximum atomic E-state index is 13.3. The number of hydrogen-bond donors (Lipinski definition) is 3. The van der Waals surface area contributed by atoms with Crippen molar-refractivity contribution in [2.45, 2.75) is 105 Å². The maximum Gasteiger partial charge on any atom is 0.410 e. The summed E-state index contributed by atoms with van der Waals surface area (Å²) in [5.74, 6) is -2.11. The lowest BCUT2D eigenvalue weighted by Gasteiger charge is -2.27. The fourth-order valence-electron chi connectivity index (χ4n) is 5.29. The van der Waals surface area contributed by atoms with Crippen LogP contribution >= 0.6 is 0 Å². The lowest BCUT2D eigenvalue weighted by Crippen LogP contribution is -2.47. The van der Waals surface area contributed by atoms with Crippen LogP contribution in [0.3, 0.4) is 0 Å². The molecule has 2 fully saturated rings. The summed E-state index contributed by atoms with van der Waals surface area (Å²) >= 11 is 0. The molecule has 2 saturated heterocycles. The van der Waals surface area contributed by atoms with Crippen LogP contribution < -0.4 is 16.0 Å².